The minimum Gasteiger partial charge on any atom is -0.496 e. The number of aryl methyl sites for hydroxylation is 1. The van der Waals surface area contributed by atoms with Crippen molar-refractivity contribution in [1.82, 2.24) is 9.62 Å². The van der Waals surface area contributed by atoms with E-state index in [-0.39, 0.29) is 0 Å². The van der Waals surface area contributed by atoms with E-state index in [9.17, 15) is 8.42 Å². The number of hydrogen-bond donors (Lipinski definition) is 1. The lowest BCUT2D eigenvalue weighted by Gasteiger charge is -2.32. The van der Waals surface area contributed by atoms with Gasteiger partial charge in [0.05, 0.1) is 13.4 Å². The second-order valence-corrected chi connectivity index (χ2v) is 10.3. The SMILES string of the molecule is COc1ccc(CN2CCC(Cc3ccc(CCNS(C)(=O)=O)cc3)CC2)cc1C. The van der Waals surface area contributed by atoms with Gasteiger partial charge in [-0.1, -0.05) is 36.4 Å². The number of rotatable bonds is 9. The second kappa shape index (κ2) is 10.4. The van der Waals surface area contributed by atoms with Crippen LogP contribution in [0.15, 0.2) is 42.5 Å². The summed E-state index contributed by atoms with van der Waals surface area (Å²) < 4.78 is 30.2. The van der Waals surface area contributed by atoms with Gasteiger partial charge in [0.25, 0.3) is 0 Å². The normalized spacial score (nSPS) is 16.0. The zero-order valence-electron chi connectivity index (χ0n) is 18.4. The van der Waals surface area contributed by atoms with Crippen LogP contribution in [-0.2, 0) is 29.4 Å². The number of benzene rings is 2. The Kier molecular flexibility index (Phi) is 7.92. The Bertz CT molecular complexity index is 918. The Labute approximate surface area is 181 Å². The van der Waals surface area contributed by atoms with Crippen LogP contribution in [0.5, 0.6) is 5.75 Å². The Balaban J connectivity index is 1.42. The van der Waals surface area contributed by atoms with Crippen LogP contribution in [0.3, 0.4) is 0 Å². The summed E-state index contributed by atoms with van der Waals surface area (Å²) >= 11 is 0. The van der Waals surface area contributed by atoms with Crippen LogP contribution < -0.4 is 9.46 Å². The van der Waals surface area contributed by atoms with Gasteiger partial charge in [-0.15, -0.1) is 0 Å². The van der Waals surface area contributed by atoms with Crippen LogP contribution in [0.25, 0.3) is 0 Å². The lowest BCUT2D eigenvalue weighted by molar-refractivity contribution is 0.177. The predicted molar refractivity (Wildman–Crippen MR) is 122 cm³/mol. The average molecular weight is 431 g/mol. The molecule has 0 saturated carbocycles. The van der Waals surface area contributed by atoms with Gasteiger partial charge in [0.15, 0.2) is 0 Å². The van der Waals surface area contributed by atoms with Gasteiger partial charge in [0.1, 0.15) is 5.75 Å². The van der Waals surface area contributed by atoms with E-state index in [4.69, 9.17) is 4.74 Å². The maximum Gasteiger partial charge on any atom is 0.208 e. The van der Waals surface area contributed by atoms with Gasteiger partial charge in [-0.2, -0.15) is 0 Å². The van der Waals surface area contributed by atoms with E-state index in [0.29, 0.717) is 6.54 Å². The molecule has 1 saturated heterocycles. The Hall–Kier alpha value is -1.89. The van der Waals surface area contributed by atoms with Crippen molar-refractivity contribution in [3.05, 3.63) is 64.7 Å². The summed E-state index contributed by atoms with van der Waals surface area (Å²) in [6.45, 7) is 5.84. The van der Waals surface area contributed by atoms with E-state index < -0.39 is 10.0 Å². The molecule has 3 rings (SSSR count). The monoisotopic (exact) mass is 430 g/mol. The zero-order chi connectivity index (χ0) is 21.6. The number of ether oxygens (including phenoxy) is 1. The summed E-state index contributed by atoms with van der Waals surface area (Å²) in [6, 6.07) is 15.1. The highest BCUT2D eigenvalue weighted by molar-refractivity contribution is 7.88. The van der Waals surface area contributed by atoms with E-state index in [1.807, 2.05) is 0 Å². The van der Waals surface area contributed by atoms with Gasteiger partial charge in [-0.25, -0.2) is 13.1 Å². The quantitative estimate of drug-likeness (QED) is 0.661. The minimum atomic E-state index is -3.11. The largest absolute Gasteiger partial charge is 0.496 e. The summed E-state index contributed by atoms with van der Waals surface area (Å²) in [6.07, 6.45) is 5.50. The predicted octanol–water partition coefficient (Wildman–Crippen LogP) is 3.55. The highest BCUT2D eigenvalue weighted by Crippen LogP contribution is 2.24. The minimum absolute atomic E-state index is 0.449. The maximum atomic E-state index is 11.1. The number of methoxy groups -OCH3 is 1. The molecule has 0 spiro atoms. The van der Waals surface area contributed by atoms with E-state index in [1.54, 1.807) is 7.11 Å². The number of likely N-dealkylation sites (tertiary alicyclic amines) is 1. The van der Waals surface area contributed by atoms with Gasteiger partial charge >= 0.3 is 0 Å². The van der Waals surface area contributed by atoms with Crippen molar-refractivity contribution in [2.75, 3.05) is 33.0 Å². The standard InChI is InChI=1S/C24H34N2O3S/c1-19-16-23(8-9-24(19)29-2)18-26-14-11-22(12-15-26)17-21-6-4-20(5-7-21)10-13-25-30(3,27)28/h4-9,16,22,25H,10-15,17-18H2,1-3H3. The summed E-state index contributed by atoms with van der Waals surface area (Å²) in [5.74, 6) is 1.69. The third kappa shape index (κ3) is 7.11. The highest BCUT2D eigenvalue weighted by atomic mass is 32.2. The van der Waals surface area contributed by atoms with Crippen LogP contribution in [-0.4, -0.2) is 46.3 Å². The first-order valence-electron chi connectivity index (χ1n) is 10.7. The van der Waals surface area contributed by atoms with Crippen molar-refractivity contribution < 1.29 is 13.2 Å². The van der Waals surface area contributed by atoms with E-state index in [2.05, 4.69) is 59.0 Å². The molecular weight excluding hydrogens is 396 g/mol. The fourth-order valence-corrected chi connectivity index (χ4v) is 4.67. The van der Waals surface area contributed by atoms with Crippen molar-refractivity contribution in [2.24, 2.45) is 5.92 Å². The zero-order valence-corrected chi connectivity index (χ0v) is 19.2. The molecule has 1 aliphatic rings. The molecule has 1 heterocycles. The Morgan fingerprint density at radius 3 is 2.27 bits per heavy atom. The molecule has 0 aliphatic carbocycles. The average Bonchev–Trinajstić information content (AvgIpc) is 2.70. The number of hydrogen-bond acceptors (Lipinski definition) is 4. The smallest absolute Gasteiger partial charge is 0.208 e. The molecule has 1 aliphatic heterocycles. The van der Waals surface area contributed by atoms with Gasteiger partial charge in [-0.05, 0) is 79.9 Å². The van der Waals surface area contributed by atoms with Gasteiger partial charge in [0, 0.05) is 13.1 Å². The molecule has 0 unspecified atom stereocenters. The fourth-order valence-electron chi connectivity index (χ4n) is 4.20. The molecule has 2 aromatic carbocycles. The Morgan fingerprint density at radius 1 is 1.03 bits per heavy atom. The van der Waals surface area contributed by atoms with Gasteiger partial charge in [-0.3, -0.25) is 4.90 Å². The number of nitrogens with zero attached hydrogens (tertiary/aromatic N) is 1. The molecular formula is C24H34N2O3S. The first-order valence-corrected chi connectivity index (χ1v) is 12.6. The van der Waals surface area contributed by atoms with Gasteiger partial charge in [0.2, 0.25) is 10.0 Å². The maximum absolute atomic E-state index is 11.1. The van der Waals surface area contributed by atoms with Crippen molar-refractivity contribution in [1.29, 1.82) is 0 Å². The second-order valence-electron chi connectivity index (χ2n) is 8.46. The lowest BCUT2D eigenvalue weighted by Crippen LogP contribution is -2.33. The third-order valence-electron chi connectivity index (χ3n) is 5.90. The molecule has 164 valence electrons. The number of nitrogens with one attached hydrogen (secondary N) is 1. The summed E-state index contributed by atoms with van der Waals surface area (Å²) in [5.41, 5.74) is 5.09. The summed E-state index contributed by atoms with van der Waals surface area (Å²) in [4.78, 5) is 2.55. The molecule has 30 heavy (non-hydrogen) atoms. The van der Waals surface area contributed by atoms with E-state index >= 15 is 0 Å². The molecule has 1 N–H and O–H groups in total. The van der Waals surface area contributed by atoms with Crippen molar-refractivity contribution in [3.8, 4) is 5.75 Å². The molecule has 0 atom stereocenters. The van der Waals surface area contributed by atoms with Crippen LogP contribution in [0.1, 0.15) is 35.1 Å². The molecule has 6 heteroatoms. The number of piperidine rings is 1. The lowest BCUT2D eigenvalue weighted by atomic mass is 9.89. The topological polar surface area (TPSA) is 58.6 Å². The first kappa shape index (κ1) is 22.8. The molecule has 5 nitrogen and oxygen atoms in total. The van der Waals surface area contributed by atoms with Gasteiger partial charge < -0.3 is 4.74 Å². The summed E-state index contributed by atoms with van der Waals surface area (Å²) in [5, 5.41) is 0. The Morgan fingerprint density at radius 2 is 1.67 bits per heavy atom. The van der Waals surface area contributed by atoms with Crippen molar-refractivity contribution >= 4 is 10.0 Å². The van der Waals surface area contributed by atoms with E-state index in [0.717, 1.165) is 44.1 Å². The number of sulfonamides is 1. The van der Waals surface area contributed by atoms with Crippen LogP contribution in [0.4, 0.5) is 0 Å². The van der Waals surface area contributed by atoms with Crippen molar-refractivity contribution in [2.45, 2.75) is 39.2 Å². The highest BCUT2D eigenvalue weighted by Gasteiger charge is 2.19. The molecule has 1 fully saturated rings. The van der Waals surface area contributed by atoms with Crippen LogP contribution in [0.2, 0.25) is 0 Å². The van der Waals surface area contributed by atoms with Crippen LogP contribution in [0, 0.1) is 12.8 Å². The fraction of sp³-hybridized carbons (Fsp3) is 0.500. The molecule has 2 aromatic rings. The molecule has 0 radical (unpaired) electrons. The van der Waals surface area contributed by atoms with Crippen LogP contribution >= 0.6 is 0 Å². The first-order chi connectivity index (χ1) is 14.3. The molecule has 0 amide bonds. The third-order valence-corrected chi connectivity index (χ3v) is 6.63. The van der Waals surface area contributed by atoms with E-state index in [1.165, 1.54) is 41.4 Å². The summed E-state index contributed by atoms with van der Waals surface area (Å²) in [7, 11) is -1.39. The van der Waals surface area contributed by atoms with Crippen molar-refractivity contribution in [3.63, 3.8) is 0 Å². The molecule has 0 aromatic heterocycles. The molecule has 0 bridgehead atoms.